The first-order valence-electron chi connectivity index (χ1n) is 8.72. The van der Waals surface area contributed by atoms with Crippen LogP contribution in [0.2, 0.25) is 0 Å². The van der Waals surface area contributed by atoms with E-state index in [0.29, 0.717) is 30.5 Å². The quantitative estimate of drug-likeness (QED) is 0.930. The molecule has 2 aliphatic rings. The van der Waals surface area contributed by atoms with Gasteiger partial charge in [0.1, 0.15) is 11.6 Å². The van der Waals surface area contributed by atoms with Gasteiger partial charge in [-0.05, 0) is 49.2 Å². The van der Waals surface area contributed by atoms with Crippen molar-refractivity contribution in [3.05, 3.63) is 54.0 Å². The lowest BCUT2D eigenvalue weighted by molar-refractivity contribution is 0.0747. The Bertz CT molecular complexity index is 752. The number of anilines is 2. The van der Waals surface area contributed by atoms with Crippen molar-refractivity contribution < 1.29 is 9.18 Å². The van der Waals surface area contributed by atoms with Crippen molar-refractivity contribution in [3.8, 4) is 0 Å². The standard InChI is InChI=1S/C19H21FN4O/c20-14-3-7-16(8-4-14)23-10-12-24(13-11-23)19(25)17-2-1-9-21-18(17)22-15-5-6-15/h1-4,7-9,15H,5-6,10-13H2,(H,21,22). The van der Waals surface area contributed by atoms with E-state index in [2.05, 4.69) is 15.2 Å². The van der Waals surface area contributed by atoms with Gasteiger partial charge in [0.25, 0.3) is 5.91 Å². The molecule has 130 valence electrons. The summed E-state index contributed by atoms with van der Waals surface area (Å²) < 4.78 is 13.1. The summed E-state index contributed by atoms with van der Waals surface area (Å²) in [5.41, 5.74) is 1.63. The molecular weight excluding hydrogens is 319 g/mol. The van der Waals surface area contributed by atoms with Crippen molar-refractivity contribution in [2.75, 3.05) is 36.4 Å². The molecule has 25 heavy (non-hydrogen) atoms. The minimum Gasteiger partial charge on any atom is -0.368 e. The molecule has 1 saturated carbocycles. The Morgan fingerprint density at radius 2 is 1.80 bits per heavy atom. The molecule has 6 heteroatoms. The molecule has 0 radical (unpaired) electrons. The van der Waals surface area contributed by atoms with Gasteiger partial charge in [0.05, 0.1) is 5.56 Å². The van der Waals surface area contributed by atoms with Gasteiger partial charge in [-0.25, -0.2) is 9.37 Å². The van der Waals surface area contributed by atoms with Crippen molar-refractivity contribution in [1.29, 1.82) is 0 Å². The molecule has 2 fully saturated rings. The Balaban J connectivity index is 1.42. The molecule has 0 atom stereocenters. The van der Waals surface area contributed by atoms with Crippen LogP contribution < -0.4 is 10.2 Å². The minimum atomic E-state index is -0.232. The van der Waals surface area contributed by atoms with Crippen LogP contribution in [0.3, 0.4) is 0 Å². The summed E-state index contributed by atoms with van der Waals surface area (Å²) in [6.45, 7) is 2.77. The number of carbonyl (C=O) groups excluding carboxylic acids is 1. The Morgan fingerprint density at radius 1 is 1.08 bits per heavy atom. The van der Waals surface area contributed by atoms with Gasteiger partial charge < -0.3 is 15.1 Å². The highest BCUT2D eigenvalue weighted by Gasteiger charge is 2.27. The van der Waals surface area contributed by atoms with Crippen molar-refractivity contribution in [2.45, 2.75) is 18.9 Å². The number of amides is 1. The number of pyridine rings is 1. The fraction of sp³-hybridized carbons (Fsp3) is 0.368. The summed E-state index contributed by atoms with van der Waals surface area (Å²) in [6.07, 6.45) is 4.00. The van der Waals surface area contributed by atoms with Crippen LogP contribution in [0, 0.1) is 5.82 Å². The topological polar surface area (TPSA) is 48.5 Å². The highest BCUT2D eigenvalue weighted by atomic mass is 19.1. The van der Waals surface area contributed by atoms with Crippen molar-refractivity contribution in [1.82, 2.24) is 9.88 Å². The van der Waals surface area contributed by atoms with Gasteiger partial charge in [-0.3, -0.25) is 4.79 Å². The zero-order chi connectivity index (χ0) is 17.2. The molecule has 0 bridgehead atoms. The van der Waals surface area contributed by atoms with Gasteiger partial charge in [-0.15, -0.1) is 0 Å². The fourth-order valence-corrected chi connectivity index (χ4v) is 3.10. The normalized spacial score (nSPS) is 17.5. The minimum absolute atomic E-state index is 0.0232. The van der Waals surface area contributed by atoms with Crippen molar-refractivity contribution in [3.63, 3.8) is 0 Å². The average Bonchev–Trinajstić information content (AvgIpc) is 3.47. The lowest BCUT2D eigenvalue weighted by Crippen LogP contribution is -2.49. The second-order valence-corrected chi connectivity index (χ2v) is 6.57. The number of rotatable bonds is 4. The zero-order valence-corrected chi connectivity index (χ0v) is 14.0. The molecule has 1 saturated heterocycles. The first kappa shape index (κ1) is 15.9. The maximum absolute atomic E-state index is 13.1. The number of nitrogens with one attached hydrogen (secondary N) is 1. The van der Waals surface area contributed by atoms with E-state index < -0.39 is 0 Å². The van der Waals surface area contributed by atoms with E-state index >= 15 is 0 Å². The van der Waals surface area contributed by atoms with Crippen LogP contribution in [0.1, 0.15) is 23.2 Å². The number of hydrogen-bond donors (Lipinski definition) is 1. The van der Waals surface area contributed by atoms with Gasteiger partial charge in [0.2, 0.25) is 0 Å². The molecule has 1 amide bonds. The van der Waals surface area contributed by atoms with Crippen molar-refractivity contribution in [2.24, 2.45) is 0 Å². The maximum Gasteiger partial charge on any atom is 0.257 e. The summed E-state index contributed by atoms with van der Waals surface area (Å²) in [4.78, 5) is 21.3. The van der Waals surface area contributed by atoms with E-state index in [0.717, 1.165) is 31.6 Å². The van der Waals surface area contributed by atoms with E-state index in [9.17, 15) is 9.18 Å². The molecule has 4 rings (SSSR count). The van der Waals surface area contributed by atoms with E-state index in [4.69, 9.17) is 0 Å². The maximum atomic E-state index is 13.1. The van der Waals surface area contributed by atoms with Crippen LogP contribution in [-0.2, 0) is 0 Å². The smallest absolute Gasteiger partial charge is 0.257 e. The van der Waals surface area contributed by atoms with Gasteiger partial charge in [-0.2, -0.15) is 0 Å². The molecule has 1 aromatic carbocycles. The van der Waals surface area contributed by atoms with E-state index in [1.165, 1.54) is 12.1 Å². The number of halogens is 1. The average molecular weight is 340 g/mol. The lowest BCUT2D eigenvalue weighted by atomic mass is 10.2. The van der Waals surface area contributed by atoms with E-state index in [1.54, 1.807) is 24.4 Å². The number of benzene rings is 1. The molecule has 1 N–H and O–H groups in total. The monoisotopic (exact) mass is 340 g/mol. The van der Waals surface area contributed by atoms with Crippen LogP contribution >= 0.6 is 0 Å². The Morgan fingerprint density at radius 3 is 2.48 bits per heavy atom. The summed E-state index contributed by atoms with van der Waals surface area (Å²) in [7, 11) is 0. The summed E-state index contributed by atoms with van der Waals surface area (Å²) in [5.74, 6) is 0.482. The Labute approximate surface area is 146 Å². The molecular formula is C19H21FN4O. The molecule has 2 heterocycles. The number of piperazine rings is 1. The third kappa shape index (κ3) is 3.57. The third-order valence-corrected chi connectivity index (χ3v) is 4.71. The molecule has 5 nitrogen and oxygen atoms in total. The molecule has 2 aromatic rings. The zero-order valence-electron chi connectivity index (χ0n) is 14.0. The van der Waals surface area contributed by atoms with E-state index in [-0.39, 0.29) is 11.7 Å². The van der Waals surface area contributed by atoms with Gasteiger partial charge in [0.15, 0.2) is 0 Å². The second-order valence-electron chi connectivity index (χ2n) is 6.57. The number of hydrogen-bond acceptors (Lipinski definition) is 4. The number of nitrogens with zero attached hydrogens (tertiary/aromatic N) is 3. The Kier molecular flexibility index (Phi) is 4.26. The lowest BCUT2D eigenvalue weighted by Gasteiger charge is -2.36. The highest BCUT2D eigenvalue weighted by Crippen LogP contribution is 2.26. The van der Waals surface area contributed by atoms with Crippen LogP contribution in [-0.4, -0.2) is 48.0 Å². The SMILES string of the molecule is O=C(c1cccnc1NC1CC1)N1CCN(c2ccc(F)cc2)CC1. The fourth-order valence-electron chi connectivity index (χ4n) is 3.10. The second kappa shape index (κ2) is 6.70. The molecule has 0 spiro atoms. The summed E-state index contributed by atoms with van der Waals surface area (Å²) in [6, 6.07) is 10.6. The van der Waals surface area contributed by atoms with Crippen molar-refractivity contribution >= 4 is 17.4 Å². The molecule has 1 aromatic heterocycles. The summed E-state index contributed by atoms with van der Waals surface area (Å²) in [5, 5.41) is 3.34. The molecule has 0 unspecified atom stereocenters. The summed E-state index contributed by atoms with van der Waals surface area (Å²) >= 11 is 0. The van der Waals surface area contributed by atoms with Crippen LogP contribution in [0.15, 0.2) is 42.6 Å². The predicted molar refractivity (Wildman–Crippen MR) is 95.4 cm³/mol. The number of aromatic nitrogens is 1. The largest absolute Gasteiger partial charge is 0.368 e. The first-order chi connectivity index (χ1) is 12.2. The van der Waals surface area contributed by atoms with E-state index in [1.807, 2.05) is 11.0 Å². The van der Waals surface area contributed by atoms with Crippen LogP contribution in [0.4, 0.5) is 15.9 Å². The predicted octanol–water partition coefficient (Wildman–Crippen LogP) is 2.76. The highest BCUT2D eigenvalue weighted by molar-refractivity contribution is 5.99. The third-order valence-electron chi connectivity index (χ3n) is 4.71. The Hall–Kier alpha value is -2.63. The van der Waals surface area contributed by atoms with Crippen LogP contribution in [0.5, 0.6) is 0 Å². The molecule has 1 aliphatic carbocycles. The van der Waals surface area contributed by atoms with Crippen LogP contribution in [0.25, 0.3) is 0 Å². The van der Waals surface area contributed by atoms with Gasteiger partial charge in [0, 0.05) is 44.1 Å². The number of carbonyl (C=O) groups is 1. The first-order valence-corrected chi connectivity index (χ1v) is 8.72. The molecule has 1 aliphatic heterocycles. The van der Waals surface area contributed by atoms with Gasteiger partial charge in [-0.1, -0.05) is 0 Å². The van der Waals surface area contributed by atoms with Gasteiger partial charge >= 0.3 is 0 Å².